The molecule has 1 unspecified atom stereocenters. The lowest BCUT2D eigenvalue weighted by Gasteiger charge is -2.12. The summed E-state index contributed by atoms with van der Waals surface area (Å²) in [7, 11) is 0. The van der Waals surface area contributed by atoms with Crippen molar-refractivity contribution in [3.63, 3.8) is 0 Å². The molecule has 0 spiro atoms. The van der Waals surface area contributed by atoms with Crippen molar-refractivity contribution in [2.75, 3.05) is 6.54 Å². The first-order valence-electron chi connectivity index (χ1n) is 8.05. The third kappa shape index (κ3) is 3.62. The fourth-order valence-corrected chi connectivity index (χ4v) is 2.83. The summed E-state index contributed by atoms with van der Waals surface area (Å²) in [5.74, 6) is -0.283. The number of hydrogen-bond donors (Lipinski definition) is 2. The maximum absolute atomic E-state index is 11.1. The van der Waals surface area contributed by atoms with Crippen LogP contribution < -0.4 is 11.1 Å². The summed E-state index contributed by atoms with van der Waals surface area (Å²) in [6.07, 6.45) is 5.71. The van der Waals surface area contributed by atoms with Gasteiger partial charge < -0.3 is 15.6 Å². The van der Waals surface area contributed by atoms with Crippen LogP contribution in [0.25, 0.3) is 10.9 Å². The second-order valence-electron chi connectivity index (χ2n) is 5.94. The Labute approximate surface area is 140 Å². The van der Waals surface area contributed by atoms with E-state index in [1.807, 2.05) is 16.8 Å². The quantitative estimate of drug-likeness (QED) is 0.655. The first kappa shape index (κ1) is 16.2. The van der Waals surface area contributed by atoms with Crippen LogP contribution in [0.15, 0.2) is 43.1 Å². The Bertz CT molecular complexity index is 808. The lowest BCUT2D eigenvalue weighted by atomic mass is 10.2. The molecule has 2 heterocycles. The normalized spacial score (nSPS) is 12.5. The van der Waals surface area contributed by atoms with Crippen LogP contribution in [-0.4, -0.2) is 31.8 Å². The maximum Gasteiger partial charge on any atom is 0.219 e. The van der Waals surface area contributed by atoms with Gasteiger partial charge in [-0.25, -0.2) is 9.67 Å². The highest BCUT2D eigenvalue weighted by Gasteiger charge is 2.10. The van der Waals surface area contributed by atoms with Gasteiger partial charge in [-0.2, -0.15) is 5.10 Å². The van der Waals surface area contributed by atoms with E-state index < -0.39 is 0 Å². The summed E-state index contributed by atoms with van der Waals surface area (Å²) in [4.78, 5) is 15.0. The van der Waals surface area contributed by atoms with E-state index in [-0.39, 0.29) is 11.9 Å². The molecule has 3 rings (SSSR count). The number of benzene rings is 1. The number of amides is 1. The van der Waals surface area contributed by atoms with Crippen LogP contribution in [0.2, 0.25) is 0 Å². The average molecular weight is 326 g/mol. The van der Waals surface area contributed by atoms with Crippen LogP contribution in [0.1, 0.15) is 24.9 Å². The molecule has 126 valence electrons. The number of nitrogens with one attached hydrogen (secondary N) is 1. The number of hydrogen-bond acceptors (Lipinski definition) is 4. The molecule has 0 aliphatic rings. The number of carbonyl (C=O) groups is 1. The Morgan fingerprint density at radius 3 is 2.96 bits per heavy atom. The van der Waals surface area contributed by atoms with Gasteiger partial charge in [0.25, 0.3) is 0 Å². The van der Waals surface area contributed by atoms with Crippen molar-refractivity contribution >= 4 is 16.8 Å². The SMILES string of the molecule is CC(CNCc1cn(CCC(N)=O)c2ccccc12)n1cncn1. The Kier molecular flexibility index (Phi) is 4.90. The number of nitrogens with two attached hydrogens (primary N) is 1. The number of rotatable bonds is 8. The zero-order valence-electron chi connectivity index (χ0n) is 13.7. The van der Waals surface area contributed by atoms with E-state index in [0.29, 0.717) is 13.0 Å². The minimum atomic E-state index is -0.283. The van der Waals surface area contributed by atoms with Gasteiger partial charge in [0.05, 0.1) is 6.04 Å². The molecule has 3 aromatic rings. The predicted octanol–water partition coefficient (Wildman–Crippen LogP) is 1.46. The topological polar surface area (TPSA) is 90.8 Å². The second kappa shape index (κ2) is 7.27. The minimum absolute atomic E-state index is 0.232. The van der Waals surface area contributed by atoms with Gasteiger partial charge in [0.1, 0.15) is 12.7 Å². The number of aromatic nitrogens is 4. The molecular weight excluding hydrogens is 304 g/mol. The van der Waals surface area contributed by atoms with Crippen molar-refractivity contribution in [3.05, 3.63) is 48.7 Å². The van der Waals surface area contributed by atoms with Gasteiger partial charge in [-0.3, -0.25) is 4.79 Å². The van der Waals surface area contributed by atoms with E-state index in [1.54, 1.807) is 12.7 Å². The zero-order chi connectivity index (χ0) is 16.9. The molecule has 3 N–H and O–H groups in total. The van der Waals surface area contributed by atoms with Gasteiger partial charge in [0.2, 0.25) is 5.91 Å². The van der Waals surface area contributed by atoms with Crippen LogP contribution in [0.3, 0.4) is 0 Å². The monoisotopic (exact) mass is 326 g/mol. The Morgan fingerprint density at radius 2 is 2.21 bits per heavy atom. The van der Waals surface area contributed by atoms with Crippen LogP contribution in [-0.2, 0) is 17.9 Å². The highest BCUT2D eigenvalue weighted by molar-refractivity contribution is 5.84. The predicted molar refractivity (Wildman–Crippen MR) is 92.2 cm³/mol. The number of nitrogens with zero attached hydrogens (tertiary/aromatic N) is 4. The van der Waals surface area contributed by atoms with Gasteiger partial charge in [-0.05, 0) is 18.6 Å². The Morgan fingerprint density at radius 1 is 1.38 bits per heavy atom. The lowest BCUT2D eigenvalue weighted by molar-refractivity contribution is -0.118. The van der Waals surface area contributed by atoms with Gasteiger partial charge in [0.15, 0.2) is 0 Å². The molecule has 0 bridgehead atoms. The van der Waals surface area contributed by atoms with Gasteiger partial charge in [-0.1, -0.05) is 18.2 Å². The second-order valence-corrected chi connectivity index (χ2v) is 5.94. The third-order valence-corrected chi connectivity index (χ3v) is 4.11. The van der Waals surface area contributed by atoms with Crippen LogP contribution >= 0.6 is 0 Å². The average Bonchev–Trinajstić information content (AvgIpc) is 3.21. The molecule has 7 heteroatoms. The highest BCUT2D eigenvalue weighted by atomic mass is 16.1. The lowest BCUT2D eigenvalue weighted by Crippen LogP contribution is -2.23. The number of fused-ring (bicyclic) bond motifs is 1. The summed E-state index contributed by atoms with van der Waals surface area (Å²) < 4.78 is 3.93. The largest absolute Gasteiger partial charge is 0.370 e. The highest BCUT2D eigenvalue weighted by Crippen LogP contribution is 2.21. The summed E-state index contributed by atoms with van der Waals surface area (Å²) in [5, 5.41) is 8.82. The van der Waals surface area contributed by atoms with Crippen LogP contribution in [0, 0.1) is 0 Å². The summed E-state index contributed by atoms with van der Waals surface area (Å²) >= 11 is 0. The van der Waals surface area contributed by atoms with E-state index in [0.717, 1.165) is 18.6 Å². The first-order chi connectivity index (χ1) is 11.6. The summed E-state index contributed by atoms with van der Waals surface area (Å²) in [5.41, 5.74) is 7.61. The molecule has 7 nitrogen and oxygen atoms in total. The summed E-state index contributed by atoms with van der Waals surface area (Å²) in [6.45, 7) is 4.25. The molecule has 0 aliphatic carbocycles. The van der Waals surface area contributed by atoms with Crippen molar-refractivity contribution < 1.29 is 4.79 Å². The molecular formula is C17H22N6O. The van der Waals surface area contributed by atoms with E-state index in [1.165, 1.54) is 10.9 Å². The fraction of sp³-hybridized carbons (Fsp3) is 0.353. The van der Waals surface area contributed by atoms with Crippen molar-refractivity contribution in [1.29, 1.82) is 0 Å². The Balaban J connectivity index is 1.68. The molecule has 1 atom stereocenters. The molecule has 0 aliphatic heterocycles. The first-order valence-corrected chi connectivity index (χ1v) is 8.05. The molecule has 0 fully saturated rings. The van der Waals surface area contributed by atoms with E-state index in [4.69, 9.17) is 5.73 Å². The minimum Gasteiger partial charge on any atom is -0.370 e. The standard InChI is InChI=1S/C17H22N6O/c1-13(23-12-20-11-21-23)8-19-9-14-10-22(7-6-17(18)24)16-5-3-2-4-15(14)16/h2-5,10-13,19H,6-9H2,1H3,(H2,18,24). The summed E-state index contributed by atoms with van der Waals surface area (Å²) in [6, 6.07) is 8.44. The molecule has 1 aromatic carbocycles. The Hall–Kier alpha value is -2.67. The molecule has 2 aromatic heterocycles. The van der Waals surface area contributed by atoms with Gasteiger partial charge >= 0.3 is 0 Å². The zero-order valence-corrected chi connectivity index (χ0v) is 13.7. The molecule has 0 saturated carbocycles. The van der Waals surface area contributed by atoms with Crippen molar-refractivity contribution in [3.8, 4) is 0 Å². The van der Waals surface area contributed by atoms with Crippen molar-refractivity contribution in [1.82, 2.24) is 24.6 Å². The van der Waals surface area contributed by atoms with Gasteiger partial charge in [0, 0.05) is 43.2 Å². The molecule has 0 saturated heterocycles. The van der Waals surface area contributed by atoms with Crippen molar-refractivity contribution in [2.24, 2.45) is 5.73 Å². The van der Waals surface area contributed by atoms with Crippen LogP contribution in [0.5, 0.6) is 0 Å². The van der Waals surface area contributed by atoms with Crippen molar-refractivity contribution in [2.45, 2.75) is 32.5 Å². The number of para-hydroxylation sites is 1. The fourth-order valence-electron chi connectivity index (χ4n) is 2.83. The van der Waals surface area contributed by atoms with Crippen LogP contribution in [0.4, 0.5) is 0 Å². The maximum atomic E-state index is 11.1. The third-order valence-electron chi connectivity index (χ3n) is 4.11. The molecule has 24 heavy (non-hydrogen) atoms. The van der Waals surface area contributed by atoms with E-state index in [2.05, 4.69) is 45.2 Å². The number of aryl methyl sites for hydroxylation is 1. The van der Waals surface area contributed by atoms with Gasteiger partial charge in [-0.15, -0.1) is 0 Å². The smallest absolute Gasteiger partial charge is 0.219 e. The number of primary amides is 1. The number of carbonyl (C=O) groups excluding carboxylic acids is 1. The molecule has 0 radical (unpaired) electrons. The van der Waals surface area contributed by atoms with E-state index >= 15 is 0 Å². The van der Waals surface area contributed by atoms with E-state index in [9.17, 15) is 4.79 Å². The molecule has 1 amide bonds.